The fourth-order valence-corrected chi connectivity index (χ4v) is 2.50. The molecule has 2 rings (SSSR count). The number of carbonyl (C=O) groups is 4. The van der Waals surface area contributed by atoms with Crippen LogP contribution >= 0.6 is 31.9 Å². The Labute approximate surface area is 319 Å². The van der Waals surface area contributed by atoms with Gasteiger partial charge in [0.25, 0.3) is 12.4 Å². The summed E-state index contributed by atoms with van der Waals surface area (Å²) in [5, 5.41) is 29.1. The molecule has 0 aliphatic heterocycles. The summed E-state index contributed by atoms with van der Waals surface area (Å²) in [6, 6.07) is 10.9. The van der Waals surface area contributed by atoms with Gasteiger partial charge in [-0.1, -0.05) is 31.9 Å². The maximum atomic E-state index is 11.3. The minimum Gasteiger partial charge on any atom is -1.00 e. The Hall–Kier alpha value is 0.433. The van der Waals surface area contributed by atoms with Gasteiger partial charge < -0.3 is 37.2 Å². The molecule has 4 N–H and O–H groups in total. The average Bonchev–Trinajstić information content (AvgIpc) is 2.84. The Morgan fingerprint density at radius 3 is 1.62 bits per heavy atom. The van der Waals surface area contributed by atoms with E-state index in [0.29, 0.717) is 11.4 Å². The van der Waals surface area contributed by atoms with Crippen molar-refractivity contribution in [2.45, 2.75) is 20.8 Å². The van der Waals surface area contributed by atoms with Crippen LogP contribution in [-0.2, 0) is 28.8 Å². The second-order valence-electron chi connectivity index (χ2n) is 6.16. The van der Waals surface area contributed by atoms with Crippen LogP contribution in [0.2, 0.25) is 0 Å². The second-order valence-corrected chi connectivity index (χ2v) is 7.86. The number of aryl methyl sites for hydroxylation is 2. The van der Waals surface area contributed by atoms with E-state index < -0.39 is 18.5 Å². The van der Waals surface area contributed by atoms with Crippen LogP contribution in [0.25, 0.3) is 0 Å². The Morgan fingerprint density at radius 1 is 0.946 bits per heavy atom. The van der Waals surface area contributed by atoms with Crippen LogP contribution in [0.15, 0.2) is 45.3 Å². The van der Waals surface area contributed by atoms with E-state index in [4.69, 9.17) is 20.3 Å². The number of aliphatic hydroxyl groups excluding tert-OH is 2. The van der Waals surface area contributed by atoms with Crippen molar-refractivity contribution in [2.75, 3.05) is 31.0 Å². The van der Waals surface area contributed by atoms with Crippen LogP contribution in [-0.4, -0.2) is 54.8 Å². The molecule has 0 heterocycles. The minimum absolute atomic E-state index is 0. The first kappa shape index (κ1) is 44.5. The number of hydrogen-bond donors (Lipinski definition) is 4. The summed E-state index contributed by atoms with van der Waals surface area (Å²) >= 11 is 6.71. The van der Waals surface area contributed by atoms with Crippen LogP contribution in [0, 0.1) is 13.8 Å². The van der Waals surface area contributed by atoms with Crippen molar-refractivity contribution in [1.82, 2.24) is 0 Å². The van der Waals surface area contributed by atoms with E-state index >= 15 is 0 Å². The normalized spacial score (nSPS) is 8.35. The summed E-state index contributed by atoms with van der Waals surface area (Å²) in [4.78, 5) is 43.9. The molecule has 0 saturated carbocycles. The van der Waals surface area contributed by atoms with E-state index in [9.17, 15) is 14.4 Å². The van der Waals surface area contributed by atoms with Crippen molar-refractivity contribution in [2.24, 2.45) is 0 Å². The Kier molecular flexibility index (Phi) is 33.6. The topological polar surface area (TPSA) is 174 Å². The molecule has 0 spiro atoms. The molecule has 0 bridgehead atoms. The summed E-state index contributed by atoms with van der Waals surface area (Å²) in [7, 11) is 1.00. The number of carbonyl (C=O) groups excluding carboxylic acids is 4. The van der Waals surface area contributed by atoms with E-state index in [1.54, 1.807) is 12.1 Å². The summed E-state index contributed by atoms with van der Waals surface area (Å²) in [6.45, 7) is 4.18. The SMILES string of the molecule is CC(=O)OCC(=O)Nc1ccc(Br)c(C)c1.CO.Cc1cc(NC(=O)CO)ccc1Br.O=CO[O-].[H-].[K+].[K+]. The van der Waals surface area contributed by atoms with Gasteiger partial charge in [-0.05, 0) is 61.4 Å². The predicted molar refractivity (Wildman–Crippen MR) is 135 cm³/mol. The molecule has 0 aliphatic carbocycles. The number of hydrogen-bond acceptors (Lipinski definition) is 9. The molecule has 0 unspecified atom stereocenters. The van der Waals surface area contributed by atoms with Gasteiger partial charge in [0.2, 0.25) is 5.91 Å². The van der Waals surface area contributed by atoms with Crippen LogP contribution < -0.4 is 119 Å². The molecule has 15 heteroatoms. The molecule has 196 valence electrons. The van der Waals surface area contributed by atoms with Crippen molar-refractivity contribution in [3.05, 3.63) is 56.5 Å². The zero-order chi connectivity index (χ0) is 27.4. The number of amides is 2. The number of aliphatic hydroxyl groups is 2. The molecule has 2 amide bonds. The molecule has 0 radical (unpaired) electrons. The number of esters is 1. The van der Waals surface area contributed by atoms with Crippen molar-refractivity contribution in [3.63, 3.8) is 0 Å². The summed E-state index contributed by atoms with van der Waals surface area (Å²) in [5.41, 5.74) is 3.43. The van der Waals surface area contributed by atoms with Gasteiger partial charge in [0, 0.05) is 34.4 Å². The zero-order valence-electron chi connectivity index (χ0n) is 22.5. The second kappa shape index (κ2) is 28.0. The van der Waals surface area contributed by atoms with Crippen LogP contribution in [0.3, 0.4) is 0 Å². The first-order valence-electron chi connectivity index (χ1n) is 9.57. The van der Waals surface area contributed by atoms with Gasteiger partial charge in [-0.25, -0.2) is 0 Å². The van der Waals surface area contributed by atoms with Gasteiger partial charge in [-0.2, -0.15) is 0 Å². The van der Waals surface area contributed by atoms with Crippen LogP contribution in [0.4, 0.5) is 11.4 Å². The van der Waals surface area contributed by atoms with Gasteiger partial charge in [0.15, 0.2) is 6.61 Å². The van der Waals surface area contributed by atoms with Gasteiger partial charge in [-0.15, -0.1) is 0 Å². The molecule has 2 aromatic rings. The third-order valence-electron chi connectivity index (χ3n) is 3.47. The first-order chi connectivity index (χ1) is 16.5. The maximum Gasteiger partial charge on any atom is 1.00 e. The molecule has 0 fully saturated rings. The third kappa shape index (κ3) is 24.0. The number of halogens is 2. The standard InChI is InChI=1S/C11H12BrNO3.C9H10BrNO2.CH2O3.CH4O.2K.H/c1-7-5-9(3-4-10(7)12)13-11(15)6-16-8(2)14;1-6-4-7(2-3-8(6)10)11-9(13)5-12;2-1-4-3;1-2;;;/h3-5H,6H2,1-2H3,(H,13,15);2-4,12H,5H2,1H3,(H,11,13);1,3H;2H,1H3;;;/q;;;;2*+1;-1/p-1. The van der Waals surface area contributed by atoms with E-state index in [1.807, 2.05) is 38.1 Å². The largest absolute Gasteiger partial charge is 1.00 e. The van der Waals surface area contributed by atoms with Crippen molar-refractivity contribution < 1.29 is 148 Å². The maximum absolute atomic E-state index is 11.3. The van der Waals surface area contributed by atoms with E-state index in [1.165, 1.54) is 6.92 Å². The van der Waals surface area contributed by atoms with Crippen LogP contribution in [0.1, 0.15) is 19.5 Å². The molecule has 0 aliphatic rings. The number of nitrogens with one attached hydrogen (secondary N) is 2. The fourth-order valence-electron chi connectivity index (χ4n) is 2.01. The Balaban J connectivity index is -0.000000150. The zero-order valence-corrected chi connectivity index (χ0v) is 30.9. The van der Waals surface area contributed by atoms with Gasteiger partial charge in [0.05, 0.1) is 0 Å². The van der Waals surface area contributed by atoms with Gasteiger partial charge in [0.1, 0.15) is 6.61 Å². The van der Waals surface area contributed by atoms with E-state index in [-0.39, 0.29) is 123 Å². The number of rotatable bonds is 6. The summed E-state index contributed by atoms with van der Waals surface area (Å²) in [6.07, 6.45) is 0. The van der Waals surface area contributed by atoms with E-state index in [2.05, 4.69) is 52.1 Å². The Bertz CT molecular complexity index is 974. The van der Waals surface area contributed by atoms with Gasteiger partial charge in [-0.3, -0.25) is 19.2 Å². The molecule has 37 heavy (non-hydrogen) atoms. The fraction of sp³-hybridized carbons (Fsp3) is 0.273. The molecule has 0 atom stereocenters. The number of ether oxygens (including phenoxy) is 1. The molecule has 0 saturated heterocycles. The quantitative estimate of drug-likeness (QED) is 0.0772. The Morgan fingerprint density at radius 2 is 1.32 bits per heavy atom. The molecular formula is C22H28Br2K2N2O9. The number of benzene rings is 2. The predicted octanol–water partition coefficient (Wildman–Crippen LogP) is -3.89. The minimum atomic E-state index is -0.491. The number of anilines is 2. The van der Waals surface area contributed by atoms with Crippen molar-refractivity contribution in [3.8, 4) is 0 Å². The summed E-state index contributed by atoms with van der Waals surface area (Å²) in [5.74, 6) is -1.22. The smallest absolute Gasteiger partial charge is 1.00 e. The molecule has 0 aromatic heterocycles. The first-order valence-corrected chi connectivity index (χ1v) is 11.2. The van der Waals surface area contributed by atoms with Crippen molar-refractivity contribution >= 4 is 67.5 Å². The monoisotopic (exact) mass is 700 g/mol. The summed E-state index contributed by atoms with van der Waals surface area (Å²) < 4.78 is 6.54. The van der Waals surface area contributed by atoms with E-state index in [0.717, 1.165) is 27.2 Å². The van der Waals surface area contributed by atoms with Crippen molar-refractivity contribution in [1.29, 1.82) is 0 Å². The third-order valence-corrected chi connectivity index (χ3v) is 5.25. The van der Waals surface area contributed by atoms with Gasteiger partial charge >= 0.3 is 109 Å². The van der Waals surface area contributed by atoms with Crippen LogP contribution in [0.5, 0.6) is 0 Å². The molecule has 11 nitrogen and oxygen atoms in total. The molecular weight excluding hydrogens is 674 g/mol. The average molecular weight is 702 g/mol. The molecule has 2 aromatic carbocycles.